The number of hydrogen-bond donors (Lipinski definition) is 2. The Morgan fingerprint density at radius 3 is 2.30 bits per heavy atom. The predicted octanol–water partition coefficient (Wildman–Crippen LogP) is 5.26. The van der Waals surface area contributed by atoms with Crippen LogP contribution in [0.2, 0.25) is 5.02 Å². The van der Waals surface area contributed by atoms with E-state index in [1.54, 1.807) is 18.2 Å². The van der Waals surface area contributed by atoms with Crippen molar-refractivity contribution in [2.75, 3.05) is 10.6 Å². The SMILES string of the molecule is CC(C)(C)Nc1cc(C(=O)Nc2ccccc2Cl)nc(-c2ccccc2)n1. The summed E-state index contributed by atoms with van der Waals surface area (Å²) < 4.78 is 0. The van der Waals surface area contributed by atoms with Crippen LogP contribution >= 0.6 is 11.6 Å². The van der Waals surface area contributed by atoms with Crippen molar-refractivity contribution < 1.29 is 4.79 Å². The molecule has 0 bridgehead atoms. The van der Waals surface area contributed by atoms with E-state index in [0.717, 1.165) is 5.56 Å². The Morgan fingerprint density at radius 2 is 1.63 bits per heavy atom. The predicted molar refractivity (Wildman–Crippen MR) is 110 cm³/mol. The van der Waals surface area contributed by atoms with Crippen LogP contribution < -0.4 is 10.6 Å². The van der Waals surface area contributed by atoms with Gasteiger partial charge >= 0.3 is 0 Å². The van der Waals surface area contributed by atoms with Crippen LogP contribution in [-0.4, -0.2) is 21.4 Å². The van der Waals surface area contributed by atoms with Crippen molar-refractivity contribution in [1.82, 2.24) is 9.97 Å². The number of nitrogens with zero attached hydrogens (tertiary/aromatic N) is 2. The highest BCUT2D eigenvalue weighted by Gasteiger charge is 2.17. The molecule has 27 heavy (non-hydrogen) atoms. The van der Waals surface area contributed by atoms with E-state index in [0.29, 0.717) is 22.4 Å². The Morgan fingerprint density at radius 1 is 0.963 bits per heavy atom. The lowest BCUT2D eigenvalue weighted by molar-refractivity contribution is 0.102. The number of nitrogens with one attached hydrogen (secondary N) is 2. The molecule has 0 spiro atoms. The number of carbonyl (C=O) groups excluding carboxylic acids is 1. The standard InChI is InChI=1S/C21H21ClN4O/c1-21(2,3)26-18-13-17(20(27)24-16-12-8-7-11-15(16)22)23-19(25-18)14-9-5-4-6-10-14/h4-13H,1-3H3,(H,24,27)(H,23,25,26). The maximum absolute atomic E-state index is 12.8. The summed E-state index contributed by atoms with van der Waals surface area (Å²) in [5.74, 6) is 0.717. The van der Waals surface area contributed by atoms with Crippen molar-refractivity contribution in [2.24, 2.45) is 0 Å². The van der Waals surface area contributed by atoms with E-state index in [1.165, 1.54) is 0 Å². The van der Waals surface area contributed by atoms with Crippen molar-refractivity contribution >= 4 is 29.0 Å². The van der Waals surface area contributed by atoms with Gasteiger partial charge in [-0.3, -0.25) is 4.79 Å². The Balaban J connectivity index is 1.99. The van der Waals surface area contributed by atoms with Gasteiger partial charge in [-0.1, -0.05) is 54.1 Å². The number of benzene rings is 2. The van der Waals surface area contributed by atoms with Gasteiger partial charge in [-0.25, -0.2) is 9.97 Å². The molecule has 1 aromatic heterocycles. The van der Waals surface area contributed by atoms with Crippen LogP contribution in [0.4, 0.5) is 11.5 Å². The fraction of sp³-hybridized carbons (Fsp3) is 0.190. The van der Waals surface area contributed by atoms with Crippen LogP contribution in [0.3, 0.4) is 0 Å². The minimum absolute atomic E-state index is 0.210. The first-order valence-electron chi connectivity index (χ1n) is 8.60. The number of para-hydroxylation sites is 1. The topological polar surface area (TPSA) is 66.9 Å². The second kappa shape index (κ2) is 7.76. The van der Waals surface area contributed by atoms with Gasteiger partial charge in [-0.05, 0) is 32.9 Å². The zero-order valence-corrected chi connectivity index (χ0v) is 16.2. The van der Waals surface area contributed by atoms with E-state index in [4.69, 9.17) is 11.6 Å². The zero-order valence-electron chi connectivity index (χ0n) is 15.5. The summed E-state index contributed by atoms with van der Waals surface area (Å²) in [6.07, 6.45) is 0. The largest absolute Gasteiger partial charge is 0.365 e. The van der Waals surface area contributed by atoms with E-state index in [-0.39, 0.29) is 17.1 Å². The van der Waals surface area contributed by atoms with Gasteiger partial charge in [0.15, 0.2) is 5.82 Å². The minimum atomic E-state index is -0.348. The summed E-state index contributed by atoms with van der Waals surface area (Å²) in [4.78, 5) is 21.8. The van der Waals surface area contributed by atoms with E-state index >= 15 is 0 Å². The molecule has 6 heteroatoms. The van der Waals surface area contributed by atoms with Gasteiger partial charge in [-0.15, -0.1) is 0 Å². The van der Waals surface area contributed by atoms with Crippen molar-refractivity contribution in [1.29, 1.82) is 0 Å². The zero-order chi connectivity index (χ0) is 19.4. The molecule has 2 aromatic carbocycles. The summed E-state index contributed by atoms with van der Waals surface area (Å²) in [5.41, 5.74) is 1.42. The van der Waals surface area contributed by atoms with Crippen LogP contribution in [0.1, 0.15) is 31.3 Å². The van der Waals surface area contributed by atoms with E-state index in [1.807, 2.05) is 63.2 Å². The quantitative estimate of drug-likeness (QED) is 0.647. The number of rotatable bonds is 4. The molecule has 0 unspecified atom stereocenters. The Kier molecular flexibility index (Phi) is 5.42. The molecule has 5 nitrogen and oxygen atoms in total. The molecule has 0 radical (unpaired) electrons. The van der Waals surface area contributed by atoms with Gasteiger partial charge in [0.1, 0.15) is 11.5 Å². The highest BCUT2D eigenvalue weighted by Crippen LogP contribution is 2.23. The first-order valence-corrected chi connectivity index (χ1v) is 8.98. The van der Waals surface area contributed by atoms with Gasteiger partial charge in [-0.2, -0.15) is 0 Å². The van der Waals surface area contributed by atoms with Crippen LogP contribution in [0, 0.1) is 0 Å². The molecular formula is C21H21ClN4O. The molecule has 1 amide bonds. The molecule has 3 aromatic rings. The third-order valence-electron chi connectivity index (χ3n) is 3.62. The molecule has 0 aliphatic rings. The molecule has 0 saturated heterocycles. The molecule has 0 atom stereocenters. The number of anilines is 2. The number of carbonyl (C=O) groups is 1. The molecule has 0 saturated carbocycles. The van der Waals surface area contributed by atoms with Crippen molar-refractivity contribution in [3.05, 3.63) is 71.4 Å². The maximum atomic E-state index is 12.8. The molecule has 0 aliphatic heterocycles. The van der Waals surface area contributed by atoms with Gasteiger partial charge in [0.05, 0.1) is 10.7 Å². The third kappa shape index (κ3) is 5.05. The monoisotopic (exact) mass is 380 g/mol. The Labute approximate surface area is 163 Å². The molecule has 0 aliphatic carbocycles. The smallest absolute Gasteiger partial charge is 0.274 e. The third-order valence-corrected chi connectivity index (χ3v) is 3.95. The summed E-state index contributed by atoms with van der Waals surface area (Å²) >= 11 is 6.14. The average molecular weight is 381 g/mol. The molecule has 0 fully saturated rings. The molecule has 1 heterocycles. The Hall–Kier alpha value is -2.92. The summed E-state index contributed by atoms with van der Waals surface area (Å²) in [6.45, 7) is 6.09. The van der Waals surface area contributed by atoms with Crippen molar-refractivity contribution in [3.8, 4) is 11.4 Å². The number of halogens is 1. The number of hydrogen-bond acceptors (Lipinski definition) is 4. The minimum Gasteiger partial charge on any atom is -0.365 e. The average Bonchev–Trinajstić information content (AvgIpc) is 2.62. The second-order valence-electron chi connectivity index (χ2n) is 7.14. The first kappa shape index (κ1) is 18.9. The second-order valence-corrected chi connectivity index (χ2v) is 7.54. The van der Waals surface area contributed by atoms with E-state index in [2.05, 4.69) is 20.6 Å². The van der Waals surface area contributed by atoms with E-state index < -0.39 is 0 Å². The van der Waals surface area contributed by atoms with E-state index in [9.17, 15) is 4.79 Å². The number of aromatic nitrogens is 2. The lowest BCUT2D eigenvalue weighted by atomic mass is 10.1. The molecule has 3 rings (SSSR count). The Bertz CT molecular complexity index is 952. The van der Waals surface area contributed by atoms with Crippen LogP contribution in [0.5, 0.6) is 0 Å². The van der Waals surface area contributed by atoms with Crippen molar-refractivity contribution in [3.63, 3.8) is 0 Å². The first-order chi connectivity index (χ1) is 12.8. The van der Waals surface area contributed by atoms with Gasteiger partial charge < -0.3 is 10.6 Å². The van der Waals surface area contributed by atoms with Gasteiger partial charge in [0.25, 0.3) is 5.91 Å². The maximum Gasteiger partial charge on any atom is 0.274 e. The summed E-state index contributed by atoms with van der Waals surface area (Å²) in [7, 11) is 0. The van der Waals surface area contributed by atoms with Crippen LogP contribution in [0.25, 0.3) is 11.4 Å². The number of amides is 1. The molecule has 2 N–H and O–H groups in total. The molecule has 138 valence electrons. The normalized spacial score (nSPS) is 11.1. The summed E-state index contributed by atoms with van der Waals surface area (Å²) in [6, 6.07) is 18.3. The fourth-order valence-corrected chi connectivity index (χ4v) is 2.66. The highest BCUT2D eigenvalue weighted by atomic mass is 35.5. The van der Waals surface area contributed by atoms with Crippen LogP contribution in [0.15, 0.2) is 60.7 Å². The highest BCUT2D eigenvalue weighted by molar-refractivity contribution is 6.33. The lowest BCUT2D eigenvalue weighted by Gasteiger charge is -2.22. The molecular weight excluding hydrogens is 360 g/mol. The van der Waals surface area contributed by atoms with Gasteiger partial charge in [0.2, 0.25) is 0 Å². The summed E-state index contributed by atoms with van der Waals surface area (Å²) in [5, 5.41) is 6.58. The lowest BCUT2D eigenvalue weighted by Crippen LogP contribution is -2.27. The van der Waals surface area contributed by atoms with Gasteiger partial charge in [0, 0.05) is 17.2 Å². The fourth-order valence-electron chi connectivity index (χ4n) is 2.48. The van der Waals surface area contributed by atoms with Crippen molar-refractivity contribution in [2.45, 2.75) is 26.3 Å². The van der Waals surface area contributed by atoms with Crippen LogP contribution in [-0.2, 0) is 0 Å².